The van der Waals surface area contributed by atoms with Gasteiger partial charge in [0.05, 0.1) is 40.3 Å². The van der Waals surface area contributed by atoms with Gasteiger partial charge in [0, 0.05) is 67.9 Å². The summed E-state index contributed by atoms with van der Waals surface area (Å²) >= 11 is 3.53. The maximum absolute atomic E-state index is 9.63. The van der Waals surface area contributed by atoms with Crippen LogP contribution in [-0.2, 0) is 0 Å². The van der Waals surface area contributed by atoms with E-state index < -0.39 is 0 Å². The molecule has 0 atom stereocenters. The van der Waals surface area contributed by atoms with E-state index in [1.54, 1.807) is 11.3 Å². The highest BCUT2D eigenvalue weighted by Gasteiger charge is 2.18. The maximum Gasteiger partial charge on any atom is 0.204 e. The molecule has 0 unspecified atom stereocenters. The third-order valence-corrected chi connectivity index (χ3v) is 12.5. The zero-order valence-electron chi connectivity index (χ0n) is 26.3. The van der Waals surface area contributed by atoms with Gasteiger partial charge in [-0.25, -0.2) is 4.85 Å². The fraction of sp³-hybridized carbons (Fsp3) is 0. The van der Waals surface area contributed by atoms with Crippen molar-refractivity contribution in [1.82, 2.24) is 9.13 Å². The number of benzene rings is 7. The second-order valence-corrected chi connectivity index (χ2v) is 14.9. The summed E-state index contributed by atoms with van der Waals surface area (Å²) < 4.78 is 9.47. The summed E-state index contributed by atoms with van der Waals surface area (Å²) in [5, 5.41) is 19.1. The molecule has 11 rings (SSSR count). The van der Waals surface area contributed by atoms with Crippen molar-refractivity contribution < 1.29 is 0 Å². The smallest absolute Gasteiger partial charge is 0.204 e. The van der Waals surface area contributed by atoms with Crippen LogP contribution in [0.3, 0.4) is 0 Å². The van der Waals surface area contributed by atoms with Crippen molar-refractivity contribution in [1.29, 1.82) is 5.26 Å². The molecule has 0 spiro atoms. The Labute approximate surface area is 293 Å². The van der Waals surface area contributed by atoms with Gasteiger partial charge in [-0.1, -0.05) is 54.6 Å². The molecular weight excluding hydrogens is 649 g/mol. The molecule has 0 saturated carbocycles. The van der Waals surface area contributed by atoms with E-state index in [0.717, 1.165) is 48.8 Å². The van der Waals surface area contributed by atoms with Crippen LogP contribution >= 0.6 is 22.7 Å². The van der Waals surface area contributed by atoms with Gasteiger partial charge in [-0.05, 0) is 84.2 Å². The molecule has 0 aliphatic rings. The predicted molar refractivity (Wildman–Crippen MR) is 212 cm³/mol. The van der Waals surface area contributed by atoms with Gasteiger partial charge < -0.3 is 9.13 Å². The van der Waals surface area contributed by atoms with E-state index in [1.165, 1.54) is 46.5 Å². The molecule has 11 aromatic rings. The monoisotopic (exact) mass is 670 g/mol. The van der Waals surface area contributed by atoms with Crippen LogP contribution in [0.2, 0.25) is 0 Å². The van der Waals surface area contributed by atoms with Gasteiger partial charge in [0.25, 0.3) is 0 Å². The third-order valence-electron chi connectivity index (χ3n) is 10.1. The van der Waals surface area contributed by atoms with Gasteiger partial charge in [-0.15, -0.1) is 22.7 Å². The maximum atomic E-state index is 9.63. The second-order valence-electron chi connectivity index (χ2n) is 12.7. The quantitative estimate of drug-likeness (QED) is 0.169. The molecule has 0 bridgehead atoms. The Bertz CT molecular complexity index is 3360. The van der Waals surface area contributed by atoms with Crippen molar-refractivity contribution in [2.75, 3.05) is 0 Å². The standard InChI is InChI=1S/C44H22N4S2/c1-46-36-10-6-9-30-35-22-40-32(23-43(35)50-44(30)36)29-8-3-5-12-38(29)48(40)27-15-18-42-34(21-27)33-20-26(14-17-41(33)49-42)47-37-11-4-2-7-28(37)31-19-25(24-45)13-16-39(31)47/h2-23H. The summed E-state index contributed by atoms with van der Waals surface area (Å²) in [6.45, 7) is 7.73. The van der Waals surface area contributed by atoms with Crippen LogP contribution in [0.15, 0.2) is 133 Å². The topological polar surface area (TPSA) is 38.0 Å². The number of nitrogens with zero attached hydrogens (tertiary/aromatic N) is 4. The first kappa shape index (κ1) is 27.5. The Hall–Kier alpha value is -6.44. The lowest BCUT2D eigenvalue weighted by atomic mass is 10.1. The zero-order valence-corrected chi connectivity index (χ0v) is 27.9. The third kappa shape index (κ3) is 3.67. The summed E-state index contributed by atoms with van der Waals surface area (Å²) in [5.41, 5.74) is 8.14. The Morgan fingerprint density at radius 3 is 1.76 bits per heavy atom. The number of hydrogen-bond donors (Lipinski definition) is 0. The van der Waals surface area contributed by atoms with Crippen LogP contribution in [0.25, 0.3) is 100 Å². The van der Waals surface area contributed by atoms with E-state index in [2.05, 4.69) is 129 Å². The summed E-state index contributed by atoms with van der Waals surface area (Å²) in [6.07, 6.45) is 0. The highest BCUT2D eigenvalue weighted by molar-refractivity contribution is 7.26. The zero-order chi connectivity index (χ0) is 33.1. The lowest BCUT2D eigenvalue weighted by Crippen LogP contribution is -1.94. The normalized spacial score (nSPS) is 12.0. The minimum atomic E-state index is 0.665. The van der Waals surface area contributed by atoms with Crippen LogP contribution in [0, 0.1) is 17.9 Å². The van der Waals surface area contributed by atoms with Crippen molar-refractivity contribution in [2.45, 2.75) is 0 Å². The number of hydrogen-bond acceptors (Lipinski definition) is 3. The van der Waals surface area contributed by atoms with Crippen molar-refractivity contribution in [3.63, 3.8) is 0 Å². The predicted octanol–water partition coefficient (Wildman–Crippen LogP) is 13.0. The molecule has 6 heteroatoms. The van der Waals surface area contributed by atoms with Gasteiger partial charge in [-0.2, -0.15) is 5.26 Å². The molecule has 0 N–H and O–H groups in total. The largest absolute Gasteiger partial charge is 0.309 e. The minimum absolute atomic E-state index is 0.665. The number of thiophene rings is 2. The fourth-order valence-electron chi connectivity index (χ4n) is 7.96. The van der Waals surface area contributed by atoms with Crippen LogP contribution in [0.5, 0.6) is 0 Å². The first-order valence-electron chi connectivity index (χ1n) is 16.3. The van der Waals surface area contributed by atoms with E-state index >= 15 is 0 Å². The molecule has 4 heterocycles. The minimum Gasteiger partial charge on any atom is -0.309 e. The molecule has 0 aliphatic heterocycles. The van der Waals surface area contributed by atoms with E-state index in [1.807, 2.05) is 35.6 Å². The van der Waals surface area contributed by atoms with Crippen LogP contribution in [0.4, 0.5) is 5.69 Å². The fourth-order valence-corrected chi connectivity index (χ4v) is 10.2. The number of nitriles is 1. The van der Waals surface area contributed by atoms with E-state index in [-0.39, 0.29) is 0 Å². The summed E-state index contributed by atoms with van der Waals surface area (Å²) in [5.74, 6) is 0. The number of aromatic nitrogens is 2. The van der Waals surface area contributed by atoms with Gasteiger partial charge in [0.15, 0.2) is 0 Å². The Morgan fingerprint density at radius 2 is 1.08 bits per heavy atom. The Balaban J connectivity index is 1.17. The van der Waals surface area contributed by atoms with Gasteiger partial charge in [0.1, 0.15) is 0 Å². The molecule has 0 amide bonds. The Morgan fingerprint density at radius 1 is 0.480 bits per heavy atom. The number of fused-ring (bicyclic) bond motifs is 12. The molecule has 7 aromatic carbocycles. The molecule has 50 heavy (non-hydrogen) atoms. The van der Waals surface area contributed by atoms with Crippen molar-refractivity contribution in [3.8, 4) is 17.4 Å². The second kappa shape index (κ2) is 10.0. The first-order chi connectivity index (χ1) is 24.7. The molecule has 0 radical (unpaired) electrons. The van der Waals surface area contributed by atoms with E-state index in [4.69, 9.17) is 6.57 Å². The summed E-state index contributed by atoms with van der Waals surface area (Å²) in [6, 6.07) is 49.7. The van der Waals surface area contributed by atoms with Gasteiger partial charge in [-0.3, -0.25) is 0 Å². The van der Waals surface area contributed by atoms with Gasteiger partial charge in [0.2, 0.25) is 5.69 Å². The molecule has 0 saturated heterocycles. The number of para-hydroxylation sites is 2. The van der Waals surface area contributed by atoms with Crippen LogP contribution in [0.1, 0.15) is 5.56 Å². The molecule has 230 valence electrons. The van der Waals surface area contributed by atoms with E-state index in [9.17, 15) is 5.26 Å². The van der Waals surface area contributed by atoms with Crippen molar-refractivity contribution in [3.05, 3.63) is 150 Å². The molecule has 4 nitrogen and oxygen atoms in total. The lowest BCUT2D eigenvalue weighted by Gasteiger charge is -2.10. The average Bonchev–Trinajstić information content (AvgIpc) is 3.90. The van der Waals surface area contributed by atoms with Crippen LogP contribution < -0.4 is 0 Å². The summed E-state index contributed by atoms with van der Waals surface area (Å²) in [7, 11) is 0. The summed E-state index contributed by atoms with van der Waals surface area (Å²) in [4.78, 5) is 3.82. The molecule has 0 aliphatic carbocycles. The molecular formula is C44H22N4S2. The van der Waals surface area contributed by atoms with Crippen molar-refractivity contribution in [2.24, 2.45) is 0 Å². The lowest BCUT2D eigenvalue weighted by molar-refractivity contribution is 1.18. The molecule has 0 fully saturated rings. The average molecular weight is 671 g/mol. The van der Waals surface area contributed by atoms with Crippen LogP contribution in [-0.4, -0.2) is 9.13 Å². The highest BCUT2D eigenvalue weighted by Crippen LogP contribution is 2.44. The van der Waals surface area contributed by atoms with Crippen molar-refractivity contribution >= 4 is 112 Å². The first-order valence-corrected chi connectivity index (χ1v) is 18.0. The SMILES string of the molecule is [C-]#[N+]c1cccc2c1sc1cc3c4ccccc4n(-c4ccc5sc6ccc(-n7c8ccccc8c8cc(C#N)ccc87)cc6c5c4)c3cc12. The Kier molecular flexibility index (Phi) is 5.52. The van der Waals surface area contributed by atoms with Gasteiger partial charge >= 0.3 is 0 Å². The van der Waals surface area contributed by atoms with E-state index in [0.29, 0.717) is 11.3 Å². The number of rotatable bonds is 2. The highest BCUT2D eigenvalue weighted by atomic mass is 32.1. The molecule has 4 aromatic heterocycles.